The van der Waals surface area contributed by atoms with Crippen LogP contribution in [0.5, 0.6) is 0 Å². The van der Waals surface area contributed by atoms with Crippen molar-refractivity contribution < 1.29 is 0 Å². The second kappa shape index (κ2) is 10.2. The van der Waals surface area contributed by atoms with Crippen LogP contribution in [0, 0.1) is 35.0 Å². The van der Waals surface area contributed by atoms with Gasteiger partial charge in [0.25, 0.3) is 0 Å². The molecule has 21 heavy (non-hydrogen) atoms. The van der Waals surface area contributed by atoms with Crippen LogP contribution in [0.15, 0.2) is 0 Å². The molecule has 2 unspecified atom stereocenters. The summed E-state index contributed by atoms with van der Waals surface area (Å²) in [5.41, 5.74) is 0. The van der Waals surface area contributed by atoms with E-state index in [1.54, 1.807) is 0 Å². The summed E-state index contributed by atoms with van der Waals surface area (Å²) in [4.78, 5) is 2.64. The normalized spacial score (nSPS) is 20.4. The maximum Gasteiger partial charge on any atom is 0.0658 e. The molecule has 0 aromatic heterocycles. The molecule has 122 valence electrons. The van der Waals surface area contributed by atoms with Crippen molar-refractivity contribution in [3.8, 4) is 6.07 Å². The minimum atomic E-state index is 0.293. The molecule has 1 aliphatic heterocycles. The summed E-state index contributed by atoms with van der Waals surface area (Å²) < 4.78 is 0. The smallest absolute Gasteiger partial charge is 0.0658 e. The van der Waals surface area contributed by atoms with Crippen molar-refractivity contribution in [2.45, 2.75) is 72.6 Å². The quantitative estimate of drug-likeness (QED) is 0.591. The lowest BCUT2D eigenvalue weighted by atomic mass is 9.79. The molecule has 1 saturated heterocycles. The molecule has 0 aliphatic carbocycles. The van der Waals surface area contributed by atoms with Gasteiger partial charge >= 0.3 is 0 Å². The van der Waals surface area contributed by atoms with Crippen LogP contribution < -0.4 is 0 Å². The molecule has 0 amide bonds. The highest BCUT2D eigenvalue weighted by Crippen LogP contribution is 2.31. The molecule has 0 aromatic carbocycles. The Kier molecular flexibility index (Phi) is 9.00. The fourth-order valence-corrected chi connectivity index (χ4v) is 3.84. The van der Waals surface area contributed by atoms with Gasteiger partial charge < -0.3 is 4.90 Å². The molecule has 0 aromatic rings. The summed E-state index contributed by atoms with van der Waals surface area (Å²) >= 11 is 0. The van der Waals surface area contributed by atoms with Gasteiger partial charge in [0, 0.05) is 12.5 Å². The van der Waals surface area contributed by atoms with E-state index >= 15 is 0 Å². The van der Waals surface area contributed by atoms with E-state index in [0.717, 1.165) is 12.3 Å². The van der Waals surface area contributed by atoms with Crippen LogP contribution in [-0.2, 0) is 0 Å². The number of likely N-dealkylation sites (tertiary alicyclic amines) is 1. The molecule has 0 radical (unpaired) electrons. The highest BCUT2D eigenvalue weighted by molar-refractivity contribution is 4.91. The van der Waals surface area contributed by atoms with E-state index in [1.807, 2.05) is 0 Å². The molecule has 0 spiro atoms. The Morgan fingerprint density at radius 1 is 1.14 bits per heavy atom. The lowest BCUT2D eigenvalue weighted by molar-refractivity contribution is 0.134. The summed E-state index contributed by atoms with van der Waals surface area (Å²) in [6, 6.07) is 2.62. The van der Waals surface area contributed by atoms with Gasteiger partial charge in [-0.05, 0) is 50.1 Å². The Labute approximate surface area is 132 Å². The Morgan fingerprint density at radius 2 is 1.76 bits per heavy atom. The number of hydrogen-bond acceptors (Lipinski definition) is 2. The summed E-state index contributed by atoms with van der Waals surface area (Å²) in [6.45, 7) is 12.9. The van der Waals surface area contributed by atoms with Crippen molar-refractivity contribution in [1.82, 2.24) is 4.90 Å². The van der Waals surface area contributed by atoms with Gasteiger partial charge in [-0.25, -0.2) is 0 Å². The lowest BCUT2D eigenvalue weighted by Gasteiger charge is -2.36. The zero-order valence-electron chi connectivity index (χ0n) is 14.8. The molecule has 0 N–H and O–H groups in total. The number of rotatable bonds is 9. The molecule has 2 nitrogen and oxygen atoms in total. The SMILES string of the molecule is CCCC(C)CC(C#N)C1CCN(CC(CC)CC)CC1. The van der Waals surface area contributed by atoms with Crippen molar-refractivity contribution in [2.75, 3.05) is 19.6 Å². The summed E-state index contributed by atoms with van der Waals surface area (Å²) in [5.74, 6) is 2.51. The monoisotopic (exact) mass is 292 g/mol. The number of hydrogen-bond donors (Lipinski definition) is 0. The Bertz CT molecular complexity index is 295. The molecule has 1 heterocycles. The van der Waals surface area contributed by atoms with Crippen LogP contribution in [0.4, 0.5) is 0 Å². The van der Waals surface area contributed by atoms with Crippen LogP contribution in [0.3, 0.4) is 0 Å². The molecular weight excluding hydrogens is 256 g/mol. The molecule has 0 bridgehead atoms. The van der Waals surface area contributed by atoms with Crippen molar-refractivity contribution in [3.05, 3.63) is 0 Å². The third kappa shape index (κ3) is 6.39. The highest BCUT2D eigenvalue weighted by atomic mass is 15.1. The summed E-state index contributed by atoms with van der Waals surface area (Å²) in [6.07, 6.45) is 8.69. The molecule has 0 saturated carbocycles. The van der Waals surface area contributed by atoms with Crippen LogP contribution in [-0.4, -0.2) is 24.5 Å². The average Bonchev–Trinajstić information content (AvgIpc) is 2.51. The molecular formula is C19H36N2. The van der Waals surface area contributed by atoms with Gasteiger partial charge in [-0.2, -0.15) is 5.26 Å². The first kappa shape index (κ1) is 18.5. The second-order valence-corrected chi connectivity index (χ2v) is 7.19. The zero-order valence-corrected chi connectivity index (χ0v) is 14.8. The summed E-state index contributed by atoms with van der Waals surface area (Å²) in [7, 11) is 0. The van der Waals surface area contributed by atoms with Crippen LogP contribution >= 0.6 is 0 Å². The van der Waals surface area contributed by atoms with Crippen molar-refractivity contribution in [2.24, 2.45) is 23.7 Å². The summed E-state index contributed by atoms with van der Waals surface area (Å²) in [5, 5.41) is 9.52. The molecule has 1 rings (SSSR count). The molecule has 2 heteroatoms. The largest absolute Gasteiger partial charge is 0.303 e. The predicted octanol–water partition coefficient (Wildman–Crippen LogP) is 5.10. The minimum absolute atomic E-state index is 0.293. The van der Waals surface area contributed by atoms with Gasteiger partial charge in [0.2, 0.25) is 0 Å². The van der Waals surface area contributed by atoms with E-state index in [-0.39, 0.29) is 0 Å². The van der Waals surface area contributed by atoms with E-state index in [1.165, 1.54) is 58.2 Å². The minimum Gasteiger partial charge on any atom is -0.303 e. The van der Waals surface area contributed by atoms with Gasteiger partial charge in [-0.1, -0.05) is 53.4 Å². The van der Waals surface area contributed by atoms with Gasteiger partial charge in [0.15, 0.2) is 0 Å². The second-order valence-electron chi connectivity index (χ2n) is 7.19. The van der Waals surface area contributed by atoms with Crippen LogP contribution in [0.2, 0.25) is 0 Å². The molecule has 1 fully saturated rings. The fourth-order valence-electron chi connectivity index (χ4n) is 3.84. The maximum atomic E-state index is 9.52. The van der Waals surface area contributed by atoms with Gasteiger partial charge in [-0.15, -0.1) is 0 Å². The van der Waals surface area contributed by atoms with Gasteiger partial charge in [0.1, 0.15) is 0 Å². The number of nitrogens with zero attached hydrogens (tertiary/aromatic N) is 2. The Balaban J connectivity index is 2.38. The van der Waals surface area contributed by atoms with Gasteiger partial charge in [0.05, 0.1) is 6.07 Å². The third-order valence-electron chi connectivity index (χ3n) is 5.48. The average molecular weight is 293 g/mol. The predicted molar refractivity (Wildman–Crippen MR) is 91.0 cm³/mol. The lowest BCUT2D eigenvalue weighted by Crippen LogP contribution is -2.38. The van der Waals surface area contributed by atoms with Crippen molar-refractivity contribution in [1.29, 1.82) is 5.26 Å². The van der Waals surface area contributed by atoms with E-state index in [4.69, 9.17) is 0 Å². The number of nitriles is 1. The third-order valence-corrected chi connectivity index (χ3v) is 5.48. The van der Waals surface area contributed by atoms with E-state index in [0.29, 0.717) is 17.8 Å². The van der Waals surface area contributed by atoms with E-state index < -0.39 is 0 Å². The fraction of sp³-hybridized carbons (Fsp3) is 0.947. The van der Waals surface area contributed by atoms with Crippen molar-refractivity contribution >= 4 is 0 Å². The maximum absolute atomic E-state index is 9.52. The standard InChI is InChI=1S/C19H36N2/c1-5-8-16(4)13-19(14-20)18-9-11-21(12-10-18)15-17(6-2)7-3/h16-19H,5-13,15H2,1-4H3. The highest BCUT2D eigenvalue weighted by Gasteiger charge is 2.28. The van der Waals surface area contributed by atoms with Crippen LogP contribution in [0.25, 0.3) is 0 Å². The van der Waals surface area contributed by atoms with Crippen LogP contribution in [0.1, 0.15) is 72.6 Å². The zero-order chi connectivity index (χ0) is 15.7. The van der Waals surface area contributed by atoms with E-state index in [9.17, 15) is 5.26 Å². The molecule has 1 aliphatic rings. The topological polar surface area (TPSA) is 27.0 Å². The first-order chi connectivity index (χ1) is 10.1. The van der Waals surface area contributed by atoms with Crippen molar-refractivity contribution in [3.63, 3.8) is 0 Å². The Morgan fingerprint density at radius 3 is 2.24 bits per heavy atom. The van der Waals surface area contributed by atoms with Gasteiger partial charge in [-0.3, -0.25) is 0 Å². The first-order valence-electron chi connectivity index (χ1n) is 9.26. The molecule has 2 atom stereocenters. The Hall–Kier alpha value is -0.550. The van der Waals surface area contributed by atoms with E-state index in [2.05, 4.69) is 38.7 Å². The number of piperidine rings is 1. The first-order valence-corrected chi connectivity index (χ1v) is 9.26.